The Morgan fingerprint density at radius 3 is 2.09 bits per heavy atom. The molecule has 0 spiro atoms. The number of alkyl halides is 6. The predicted octanol–water partition coefficient (Wildman–Crippen LogP) is 4.59. The van der Waals surface area contributed by atoms with Crippen LogP contribution in [0, 0.1) is 0 Å². The quantitative estimate of drug-likeness (QED) is 0.701. The van der Waals surface area contributed by atoms with Crippen molar-refractivity contribution in [3.05, 3.63) is 46.1 Å². The number of benzene rings is 1. The van der Waals surface area contributed by atoms with Crippen LogP contribution in [-0.2, 0) is 6.18 Å². The van der Waals surface area contributed by atoms with Gasteiger partial charge in [-0.2, -0.15) is 26.3 Å². The summed E-state index contributed by atoms with van der Waals surface area (Å²) >= 11 is 3.13. The molecule has 22 heavy (non-hydrogen) atoms. The lowest BCUT2D eigenvalue weighted by Gasteiger charge is -2.14. The Balaban J connectivity index is 2.27. The van der Waals surface area contributed by atoms with E-state index >= 15 is 0 Å². The molecular weight excluding hydrogens is 378 g/mol. The predicted molar refractivity (Wildman–Crippen MR) is 72.7 cm³/mol. The van der Waals surface area contributed by atoms with Crippen LogP contribution in [0.3, 0.4) is 0 Å². The van der Waals surface area contributed by atoms with Crippen LogP contribution in [0.25, 0.3) is 0 Å². The highest BCUT2D eigenvalue weighted by atomic mass is 79.9. The van der Waals surface area contributed by atoms with Gasteiger partial charge in [0.15, 0.2) is 0 Å². The molecular formula is C13H9BrF6N2. The molecule has 0 aromatic heterocycles. The summed E-state index contributed by atoms with van der Waals surface area (Å²) in [5.41, 5.74) is -0.382. The fourth-order valence-corrected chi connectivity index (χ4v) is 2.42. The average molecular weight is 387 g/mol. The highest BCUT2D eigenvalue weighted by Crippen LogP contribution is 2.34. The number of halogens is 7. The van der Waals surface area contributed by atoms with Gasteiger partial charge >= 0.3 is 12.4 Å². The molecule has 1 aliphatic rings. The van der Waals surface area contributed by atoms with Gasteiger partial charge in [0.25, 0.3) is 0 Å². The molecule has 0 radical (unpaired) electrons. The van der Waals surface area contributed by atoms with E-state index in [1.165, 1.54) is 12.1 Å². The maximum Gasteiger partial charge on any atom is 0.449 e. The Kier molecular flexibility index (Phi) is 4.55. The number of hydrogen-bond acceptors (Lipinski definition) is 2. The lowest BCUT2D eigenvalue weighted by molar-refractivity contribution is -0.137. The molecule has 1 unspecified atom stereocenters. The molecule has 0 bridgehead atoms. The lowest BCUT2D eigenvalue weighted by atomic mass is 9.98. The van der Waals surface area contributed by atoms with Crippen LogP contribution in [0.5, 0.6) is 0 Å². The molecule has 0 aliphatic carbocycles. The Bertz CT molecular complexity index is 600. The van der Waals surface area contributed by atoms with Crippen molar-refractivity contribution in [1.82, 2.24) is 5.32 Å². The third-order valence-electron chi connectivity index (χ3n) is 3.02. The Labute approximate surface area is 130 Å². The van der Waals surface area contributed by atoms with E-state index in [9.17, 15) is 26.3 Å². The molecule has 1 N–H and O–H groups in total. The maximum atomic E-state index is 12.6. The summed E-state index contributed by atoms with van der Waals surface area (Å²) in [5.74, 6) is -1.73. The van der Waals surface area contributed by atoms with Gasteiger partial charge in [-0.1, -0.05) is 28.1 Å². The normalized spacial score (nSPS) is 19.9. The molecule has 9 heteroatoms. The Morgan fingerprint density at radius 2 is 1.59 bits per heavy atom. The summed E-state index contributed by atoms with van der Waals surface area (Å²) in [6.45, 7) is -0.232. The molecule has 1 aromatic rings. The van der Waals surface area contributed by atoms with Gasteiger partial charge in [-0.3, -0.25) is 4.99 Å². The van der Waals surface area contributed by atoms with Crippen LogP contribution in [0.1, 0.15) is 17.0 Å². The van der Waals surface area contributed by atoms with E-state index in [0.717, 1.165) is 18.3 Å². The van der Waals surface area contributed by atoms with Gasteiger partial charge in [-0.05, 0) is 17.7 Å². The molecule has 0 amide bonds. The van der Waals surface area contributed by atoms with Crippen LogP contribution in [0.2, 0.25) is 0 Å². The van der Waals surface area contributed by atoms with Crippen molar-refractivity contribution in [3.8, 4) is 0 Å². The second-order valence-corrected chi connectivity index (χ2v) is 5.45. The maximum absolute atomic E-state index is 12.6. The second-order valence-electron chi connectivity index (χ2n) is 4.53. The smallest absolute Gasteiger partial charge is 0.342 e. The summed E-state index contributed by atoms with van der Waals surface area (Å²) < 4.78 is 75.7. The number of amidine groups is 1. The summed E-state index contributed by atoms with van der Waals surface area (Å²) in [7, 11) is 0. The topological polar surface area (TPSA) is 24.4 Å². The number of nitrogens with zero attached hydrogens (tertiary/aromatic N) is 1. The zero-order valence-electron chi connectivity index (χ0n) is 10.8. The molecule has 0 saturated carbocycles. The SMILES string of the molecule is FC(F)(F)C1=NCC(c2ccc(C(F)(F)F)cc2)C(Br)=CN1. The van der Waals surface area contributed by atoms with E-state index in [4.69, 9.17) is 0 Å². The molecule has 0 fully saturated rings. The monoisotopic (exact) mass is 386 g/mol. The van der Waals surface area contributed by atoms with E-state index in [2.05, 4.69) is 20.9 Å². The third kappa shape index (κ3) is 3.82. The first kappa shape index (κ1) is 16.9. The minimum absolute atomic E-state index is 0.232. The van der Waals surface area contributed by atoms with Gasteiger partial charge in [-0.25, -0.2) is 0 Å². The first-order valence-corrected chi connectivity index (χ1v) is 6.79. The zero-order chi connectivity index (χ0) is 16.5. The third-order valence-corrected chi connectivity index (χ3v) is 3.80. The highest BCUT2D eigenvalue weighted by molar-refractivity contribution is 9.11. The molecule has 1 aliphatic heterocycles. The molecule has 2 rings (SSSR count). The van der Waals surface area contributed by atoms with Crippen LogP contribution in [-0.4, -0.2) is 18.6 Å². The van der Waals surface area contributed by atoms with Gasteiger partial charge < -0.3 is 5.32 Å². The fourth-order valence-electron chi connectivity index (χ4n) is 1.89. The second kappa shape index (κ2) is 5.94. The van der Waals surface area contributed by atoms with Crippen LogP contribution in [0.15, 0.2) is 39.9 Å². The van der Waals surface area contributed by atoms with Crippen molar-refractivity contribution >= 4 is 21.8 Å². The van der Waals surface area contributed by atoms with Crippen LogP contribution >= 0.6 is 15.9 Å². The van der Waals surface area contributed by atoms with E-state index in [1.807, 2.05) is 5.32 Å². The summed E-state index contributed by atoms with van der Waals surface area (Å²) in [4.78, 5) is 3.45. The summed E-state index contributed by atoms with van der Waals surface area (Å²) in [6, 6.07) is 4.25. The lowest BCUT2D eigenvalue weighted by Crippen LogP contribution is -2.33. The van der Waals surface area contributed by atoms with Crippen molar-refractivity contribution in [2.45, 2.75) is 18.3 Å². The first-order chi connectivity index (χ1) is 10.1. The Morgan fingerprint density at radius 1 is 1.00 bits per heavy atom. The van der Waals surface area contributed by atoms with Crippen molar-refractivity contribution in [1.29, 1.82) is 0 Å². The number of aliphatic imine (C=N–C) groups is 1. The standard InChI is InChI=1S/C13H9BrF6N2/c14-10-6-22-11(13(18,19)20)21-5-9(10)7-1-3-8(4-2-7)12(15,16)17/h1-4,6,9H,5H2,(H,21,22). The molecule has 1 atom stereocenters. The van der Waals surface area contributed by atoms with Gasteiger partial charge in [0, 0.05) is 16.6 Å². The number of rotatable bonds is 1. The average Bonchev–Trinajstić information content (AvgIpc) is 2.59. The van der Waals surface area contributed by atoms with E-state index in [0.29, 0.717) is 10.0 Å². The van der Waals surface area contributed by atoms with Gasteiger partial charge in [0.05, 0.1) is 12.1 Å². The molecule has 1 heterocycles. The minimum atomic E-state index is -4.61. The number of nitrogens with one attached hydrogen (secondary N) is 1. The molecule has 2 nitrogen and oxygen atoms in total. The van der Waals surface area contributed by atoms with E-state index < -0.39 is 29.7 Å². The van der Waals surface area contributed by atoms with Gasteiger partial charge in [0.2, 0.25) is 5.84 Å². The highest BCUT2D eigenvalue weighted by Gasteiger charge is 2.37. The molecule has 1 aromatic carbocycles. The zero-order valence-corrected chi connectivity index (χ0v) is 12.4. The van der Waals surface area contributed by atoms with Crippen LogP contribution in [0.4, 0.5) is 26.3 Å². The van der Waals surface area contributed by atoms with Crippen LogP contribution < -0.4 is 5.32 Å². The molecule has 0 saturated heterocycles. The first-order valence-electron chi connectivity index (χ1n) is 6.00. The van der Waals surface area contributed by atoms with Gasteiger partial charge in [-0.15, -0.1) is 0 Å². The van der Waals surface area contributed by atoms with Crippen molar-refractivity contribution in [2.75, 3.05) is 6.54 Å². The fraction of sp³-hybridized carbons (Fsp3) is 0.308. The van der Waals surface area contributed by atoms with Gasteiger partial charge in [0.1, 0.15) is 0 Å². The summed E-state index contributed by atoms with van der Waals surface area (Å²) in [6.07, 6.45) is -7.97. The number of hydrogen-bond donors (Lipinski definition) is 1. The van der Waals surface area contributed by atoms with E-state index in [1.54, 1.807) is 0 Å². The Hall–Kier alpha value is -1.51. The van der Waals surface area contributed by atoms with Crippen molar-refractivity contribution in [2.24, 2.45) is 4.99 Å². The van der Waals surface area contributed by atoms with Crippen molar-refractivity contribution in [3.63, 3.8) is 0 Å². The largest absolute Gasteiger partial charge is 0.449 e. The minimum Gasteiger partial charge on any atom is -0.342 e. The molecule has 120 valence electrons. The van der Waals surface area contributed by atoms with E-state index in [-0.39, 0.29) is 6.54 Å². The summed E-state index contributed by atoms with van der Waals surface area (Å²) in [5, 5.41) is 2.04. The van der Waals surface area contributed by atoms with Crippen molar-refractivity contribution < 1.29 is 26.3 Å².